The molecule has 0 atom stereocenters. The number of nitrogens with two attached hydrogens (primary N) is 1. The summed E-state index contributed by atoms with van der Waals surface area (Å²) in [4.78, 5) is 17.6. The van der Waals surface area contributed by atoms with Crippen molar-refractivity contribution < 1.29 is 4.39 Å². The molecule has 1 heterocycles. The van der Waals surface area contributed by atoms with Crippen LogP contribution in [0.15, 0.2) is 29.1 Å². The van der Waals surface area contributed by atoms with Crippen LogP contribution >= 0.6 is 11.6 Å². The molecule has 0 fully saturated rings. The quantitative estimate of drug-likeness (QED) is 0.856. The maximum Gasteiger partial charge on any atom is 0.252 e. The highest BCUT2D eigenvalue weighted by Gasteiger charge is 2.08. The average molecular weight is 254 g/mol. The fourth-order valence-corrected chi connectivity index (χ4v) is 1.67. The molecule has 0 aliphatic rings. The maximum absolute atomic E-state index is 13.6. The third-order valence-corrected chi connectivity index (χ3v) is 2.49. The highest BCUT2D eigenvalue weighted by Crippen LogP contribution is 2.19. The van der Waals surface area contributed by atoms with Gasteiger partial charge in [0.1, 0.15) is 17.5 Å². The molecule has 2 rings (SSSR count). The predicted octanol–water partition coefficient (Wildman–Crippen LogP) is 1.74. The summed E-state index contributed by atoms with van der Waals surface area (Å²) in [6, 6.07) is 5.82. The molecule has 0 spiro atoms. The van der Waals surface area contributed by atoms with Gasteiger partial charge in [-0.25, -0.2) is 9.37 Å². The molecule has 0 unspecified atom stereocenters. The first-order valence-corrected chi connectivity index (χ1v) is 5.22. The first-order valence-electron chi connectivity index (χ1n) is 4.85. The number of nitrogens with one attached hydrogen (secondary N) is 1. The number of hydrogen-bond acceptors (Lipinski definition) is 3. The molecule has 0 aliphatic carbocycles. The Kier molecular flexibility index (Phi) is 3.10. The summed E-state index contributed by atoms with van der Waals surface area (Å²) in [5.41, 5.74) is 5.42. The molecule has 2 aromatic rings. The van der Waals surface area contributed by atoms with E-state index < -0.39 is 5.82 Å². The zero-order chi connectivity index (χ0) is 12.4. The summed E-state index contributed by atoms with van der Waals surface area (Å²) >= 11 is 5.65. The number of benzene rings is 1. The molecule has 0 saturated carbocycles. The highest BCUT2D eigenvalue weighted by atomic mass is 35.5. The van der Waals surface area contributed by atoms with E-state index in [1.807, 2.05) is 0 Å². The van der Waals surface area contributed by atoms with Gasteiger partial charge in [-0.05, 0) is 11.6 Å². The van der Waals surface area contributed by atoms with Gasteiger partial charge in [-0.15, -0.1) is 0 Å². The van der Waals surface area contributed by atoms with E-state index in [1.54, 1.807) is 12.1 Å². The molecular formula is C11H9ClFN3O. The molecule has 3 N–H and O–H groups in total. The largest absolute Gasteiger partial charge is 0.383 e. The SMILES string of the molecule is Nc1cc(=O)[nH]c(Cc2cccc(Cl)c2F)n1. The van der Waals surface area contributed by atoms with Crippen molar-refractivity contribution in [1.29, 1.82) is 0 Å². The van der Waals surface area contributed by atoms with Crippen molar-refractivity contribution in [1.82, 2.24) is 9.97 Å². The lowest BCUT2D eigenvalue weighted by atomic mass is 10.1. The summed E-state index contributed by atoms with van der Waals surface area (Å²) in [7, 11) is 0. The van der Waals surface area contributed by atoms with Gasteiger partial charge in [0.25, 0.3) is 5.56 Å². The summed E-state index contributed by atoms with van der Waals surface area (Å²) in [5.74, 6) is -0.110. The van der Waals surface area contributed by atoms with Crippen molar-refractivity contribution in [2.24, 2.45) is 0 Å². The summed E-state index contributed by atoms with van der Waals surface area (Å²) in [6.45, 7) is 0. The Balaban J connectivity index is 2.38. The number of aromatic nitrogens is 2. The molecule has 1 aromatic heterocycles. The Hall–Kier alpha value is -1.88. The summed E-state index contributed by atoms with van der Waals surface area (Å²) in [6.07, 6.45) is 0.132. The molecule has 17 heavy (non-hydrogen) atoms. The number of nitrogen functional groups attached to an aromatic ring is 1. The maximum atomic E-state index is 13.6. The van der Waals surface area contributed by atoms with Gasteiger partial charge >= 0.3 is 0 Å². The lowest BCUT2D eigenvalue weighted by Crippen LogP contribution is -2.13. The number of halogens is 2. The van der Waals surface area contributed by atoms with Crippen LogP contribution in [0, 0.1) is 5.82 Å². The second kappa shape index (κ2) is 4.55. The number of aromatic amines is 1. The van der Waals surface area contributed by atoms with Crippen molar-refractivity contribution in [3.8, 4) is 0 Å². The van der Waals surface area contributed by atoms with Gasteiger partial charge < -0.3 is 10.7 Å². The van der Waals surface area contributed by atoms with Crippen LogP contribution in [0.4, 0.5) is 10.2 Å². The fourth-order valence-electron chi connectivity index (χ4n) is 1.48. The molecule has 88 valence electrons. The lowest BCUT2D eigenvalue weighted by Gasteiger charge is -2.04. The van der Waals surface area contributed by atoms with Gasteiger partial charge in [0.15, 0.2) is 0 Å². The smallest absolute Gasteiger partial charge is 0.252 e. The van der Waals surface area contributed by atoms with Crippen LogP contribution in [0.3, 0.4) is 0 Å². The number of anilines is 1. The van der Waals surface area contributed by atoms with Gasteiger partial charge in [0.05, 0.1) is 5.02 Å². The average Bonchev–Trinajstić information content (AvgIpc) is 2.23. The molecule has 0 bridgehead atoms. The predicted molar refractivity (Wildman–Crippen MR) is 63.5 cm³/mol. The Labute approximate surface area is 101 Å². The van der Waals surface area contributed by atoms with E-state index in [0.717, 1.165) is 6.07 Å². The molecule has 0 aliphatic heterocycles. The summed E-state index contributed by atoms with van der Waals surface area (Å²) < 4.78 is 13.6. The molecule has 0 saturated heterocycles. The van der Waals surface area contributed by atoms with Crippen molar-refractivity contribution in [2.75, 3.05) is 5.73 Å². The number of nitrogens with zero attached hydrogens (tertiary/aromatic N) is 1. The third-order valence-electron chi connectivity index (χ3n) is 2.20. The monoisotopic (exact) mass is 253 g/mol. The van der Waals surface area contributed by atoms with Gasteiger partial charge in [-0.3, -0.25) is 4.79 Å². The standard InChI is InChI=1S/C11H9ClFN3O/c12-7-3-1-2-6(11(7)13)4-9-15-8(14)5-10(17)16-9/h1-3,5H,4H2,(H3,14,15,16,17). The first kappa shape index (κ1) is 11.6. The van der Waals surface area contributed by atoms with Crippen molar-refractivity contribution in [3.05, 3.63) is 56.8 Å². The minimum absolute atomic E-state index is 0.0359. The van der Waals surface area contributed by atoms with Gasteiger partial charge in [-0.2, -0.15) is 0 Å². The highest BCUT2D eigenvalue weighted by molar-refractivity contribution is 6.30. The molecule has 0 amide bonds. The Morgan fingerprint density at radius 3 is 2.94 bits per heavy atom. The molecule has 6 heteroatoms. The van der Waals surface area contributed by atoms with E-state index in [0.29, 0.717) is 11.4 Å². The van der Waals surface area contributed by atoms with E-state index >= 15 is 0 Å². The zero-order valence-electron chi connectivity index (χ0n) is 8.71. The topological polar surface area (TPSA) is 71.8 Å². The van der Waals surface area contributed by atoms with Gasteiger partial charge in [0.2, 0.25) is 0 Å². The first-order chi connectivity index (χ1) is 8.06. The number of hydrogen-bond donors (Lipinski definition) is 2. The van der Waals surface area contributed by atoms with Crippen LogP contribution < -0.4 is 11.3 Å². The van der Waals surface area contributed by atoms with Crippen LogP contribution in [-0.4, -0.2) is 9.97 Å². The van der Waals surface area contributed by atoms with E-state index in [4.69, 9.17) is 17.3 Å². The van der Waals surface area contributed by atoms with Crippen molar-refractivity contribution in [2.45, 2.75) is 6.42 Å². The molecule has 1 aromatic carbocycles. The van der Waals surface area contributed by atoms with Crippen molar-refractivity contribution >= 4 is 17.4 Å². The Morgan fingerprint density at radius 2 is 2.24 bits per heavy atom. The Bertz CT molecular complexity index is 612. The number of rotatable bonds is 2. The minimum Gasteiger partial charge on any atom is -0.383 e. The zero-order valence-corrected chi connectivity index (χ0v) is 9.46. The Morgan fingerprint density at radius 1 is 1.47 bits per heavy atom. The molecular weight excluding hydrogens is 245 g/mol. The van der Waals surface area contributed by atoms with Crippen LogP contribution in [0.5, 0.6) is 0 Å². The van der Waals surface area contributed by atoms with Crippen LogP contribution in [0.1, 0.15) is 11.4 Å². The second-order valence-electron chi connectivity index (χ2n) is 3.51. The third kappa shape index (κ3) is 2.62. The lowest BCUT2D eigenvalue weighted by molar-refractivity contribution is 0.612. The van der Waals surface area contributed by atoms with E-state index in [2.05, 4.69) is 9.97 Å². The second-order valence-corrected chi connectivity index (χ2v) is 3.91. The van der Waals surface area contributed by atoms with E-state index in [1.165, 1.54) is 6.07 Å². The fraction of sp³-hybridized carbons (Fsp3) is 0.0909. The normalized spacial score (nSPS) is 10.5. The minimum atomic E-state index is -0.515. The summed E-state index contributed by atoms with van der Waals surface area (Å²) in [5, 5.41) is 0.0359. The van der Waals surface area contributed by atoms with Crippen molar-refractivity contribution in [3.63, 3.8) is 0 Å². The van der Waals surface area contributed by atoms with Gasteiger partial charge in [-0.1, -0.05) is 23.7 Å². The van der Waals surface area contributed by atoms with Gasteiger partial charge in [0, 0.05) is 12.5 Å². The molecule has 4 nitrogen and oxygen atoms in total. The van der Waals surface area contributed by atoms with Crippen LogP contribution in [0.2, 0.25) is 5.02 Å². The number of H-pyrrole nitrogens is 1. The van der Waals surface area contributed by atoms with Crippen LogP contribution in [-0.2, 0) is 6.42 Å². The van der Waals surface area contributed by atoms with E-state index in [9.17, 15) is 9.18 Å². The molecule has 0 radical (unpaired) electrons. The van der Waals surface area contributed by atoms with E-state index in [-0.39, 0.29) is 22.8 Å². The van der Waals surface area contributed by atoms with Crippen LogP contribution in [0.25, 0.3) is 0 Å².